The molecule has 2 aliphatic carbocycles. The SMILES string of the molecule is CCOC(=O)[C@]1(NCCn2c(C)cn3nc(-c4cccc(-c5cccc(-c6cc7c(=O)n(CCN[C@]8(C(=O)OCC)C[C@H](O)C8)c(C)cn7n6)c5Cl)c4Cl)cc3c2=O)C[C@@H](O)C1. The van der Waals surface area contributed by atoms with Crippen LogP contribution in [-0.4, -0.2) is 100 Å². The Morgan fingerprint density at radius 1 is 0.694 bits per heavy atom. The minimum Gasteiger partial charge on any atom is -0.465 e. The molecule has 4 heterocycles. The molecule has 2 fully saturated rings. The van der Waals surface area contributed by atoms with E-state index in [9.17, 15) is 29.4 Å². The van der Waals surface area contributed by atoms with E-state index in [4.69, 9.17) is 42.9 Å². The smallest absolute Gasteiger partial charge is 0.326 e. The average Bonchev–Trinajstić information content (AvgIpc) is 3.84. The van der Waals surface area contributed by atoms with Crippen LogP contribution in [0, 0.1) is 13.8 Å². The topological polar surface area (TPSA) is 196 Å². The van der Waals surface area contributed by atoms with Gasteiger partial charge in [0.2, 0.25) is 0 Å². The first kappa shape index (κ1) is 43.3. The van der Waals surface area contributed by atoms with Crippen LogP contribution >= 0.6 is 23.2 Å². The van der Waals surface area contributed by atoms with Crippen LogP contribution in [0.3, 0.4) is 0 Å². The van der Waals surface area contributed by atoms with Crippen LogP contribution < -0.4 is 21.8 Å². The molecule has 0 unspecified atom stereocenters. The maximum absolute atomic E-state index is 13.8. The van der Waals surface area contributed by atoms with Gasteiger partial charge in [0.15, 0.2) is 0 Å². The lowest BCUT2D eigenvalue weighted by molar-refractivity contribution is -0.161. The van der Waals surface area contributed by atoms with E-state index in [0.717, 1.165) is 0 Å². The average molecular weight is 888 g/mol. The Morgan fingerprint density at radius 2 is 1.06 bits per heavy atom. The molecular weight excluding hydrogens is 839 g/mol. The number of esters is 2. The van der Waals surface area contributed by atoms with Crippen molar-refractivity contribution >= 4 is 46.2 Å². The molecule has 62 heavy (non-hydrogen) atoms. The minimum atomic E-state index is -0.972. The van der Waals surface area contributed by atoms with Gasteiger partial charge in [0.25, 0.3) is 11.1 Å². The third kappa shape index (κ3) is 7.73. The summed E-state index contributed by atoms with van der Waals surface area (Å²) < 4.78 is 16.8. The van der Waals surface area contributed by atoms with Crippen molar-refractivity contribution in [3.05, 3.63) is 103 Å². The number of fused-ring (bicyclic) bond motifs is 2. The van der Waals surface area contributed by atoms with Gasteiger partial charge in [-0.05, 0) is 39.8 Å². The van der Waals surface area contributed by atoms with Gasteiger partial charge >= 0.3 is 11.9 Å². The standard InChI is InChI=1S/C44H48Cl2N8O8/c1-5-61-41(59)43(19-27(55)20-43)47-13-15-51-25(3)23-53-35(39(51)57)17-33(49-53)31-11-7-9-29(37(31)45)30-10-8-12-32(38(30)46)34-18-36-40(58)52(26(4)24-54(36)50-34)16-14-48-44(21-28(56)22-44)42(60)62-6-2/h7-12,17-18,23-24,27-28,47-48,55-56H,5-6,13-16,19-22H2,1-4H3/t27-,28-,43+,44+. The van der Waals surface area contributed by atoms with Crippen molar-refractivity contribution in [3.8, 4) is 33.6 Å². The lowest BCUT2D eigenvalue weighted by atomic mass is 9.74. The Kier molecular flexibility index (Phi) is 11.9. The zero-order chi connectivity index (χ0) is 44.1. The highest BCUT2D eigenvalue weighted by molar-refractivity contribution is 6.39. The number of aliphatic hydroxyl groups excluding tert-OH is 2. The molecule has 0 atom stereocenters. The second kappa shape index (κ2) is 17.1. The van der Waals surface area contributed by atoms with E-state index in [1.54, 1.807) is 47.5 Å². The summed E-state index contributed by atoms with van der Waals surface area (Å²) in [5, 5.41) is 36.6. The number of halogens is 2. The van der Waals surface area contributed by atoms with Crippen molar-refractivity contribution in [2.75, 3.05) is 26.3 Å². The molecule has 0 radical (unpaired) electrons. The fourth-order valence-electron chi connectivity index (χ4n) is 8.70. The van der Waals surface area contributed by atoms with Crippen LogP contribution in [0.25, 0.3) is 44.7 Å². The van der Waals surface area contributed by atoms with Crippen molar-refractivity contribution in [1.82, 2.24) is 39.0 Å². The van der Waals surface area contributed by atoms with Gasteiger partial charge in [-0.15, -0.1) is 0 Å². The molecule has 16 nitrogen and oxygen atoms in total. The van der Waals surface area contributed by atoms with E-state index in [1.165, 1.54) is 9.03 Å². The van der Waals surface area contributed by atoms with E-state index in [-0.39, 0.29) is 63.1 Å². The van der Waals surface area contributed by atoms with E-state index >= 15 is 0 Å². The molecule has 0 saturated heterocycles. The summed E-state index contributed by atoms with van der Waals surface area (Å²) in [5.41, 5.74) is 2.88. The molecule has 2 saturated carbocycles. The van der Waals surface area contributed by atoms with Crippen molar-refractivity contribution in [2.45, 2.75) is 89.8 Å². The predicted octanol–water partition coefficient (Wildman–Crippen LogP) is 4.32. The molecule has 4 aromatic heterocycles. The molecule has 0 amide bonds. The van der Waals surface area contributed by atoms with Crippen molar-refractivity contribution in [1.29, 1.82) is 0 Å². The van der Waals surface area contributed by atoms with Gasteiger partial charge in [-0.1, -0.05) is 59.6 Å². The zero-order valence-electron chi connectivity index (χ0n) is 34.8. The van der Waals surface area contributed by atoms with Gasteiger partial charge in [-0.3, -0.25) is 29.8 Å². The number of hydrogen-bond acceptors (Lipinski definition) is 12. The number of ether oxygens (including phenoxy) is 2. The number of rotatable bonds is 15. The number of nitrogens with zero attached hydrogens (tertiary/aromatic N) is 6. The van der Waals surface area contributed by atoms with Crippen LogP contribution in [0.5, 0.6) is 0 Å². The molecular formula is C44H48Cl2N8O8. The summed E-state index contributed by atoms with van der Waals surface area (Å²) in [6.07, 6.45) is 3.34. The molecule has 2 aromatic carbocycles. The number of carbonyl (C=O) groups is 2. The highest BCUT2D eigenvalue weighted by atomic mass is 35.5. The van der Waals surface area contributed by atoms with Crippen LogP contribution in [0.2, 0.25) is 10.0 Å². The molecule has 0 spiro atoms. The number of aromatic nitrogens is 6. The van der Waals surface area contributed by atoms with E-state index in [2.05, 4.69) is 10.6 Å². The van der Waals surface area contributed by atoms with Gasteiger partial charge in [0.05, 0.1) is 46.9 Å². The fourth-order valence-corrected chi connectivity index (χ4v) is 9.35. The molecule has 18 heteroatoms. The number of aliphatic hydroxyl groups is 2. The minimum absolute atomic E-state index is 0.231. The van der Waals surface area contributed by atoms with Crippen LogP contribution in [0.15, 0.2) is 70.5 Å². The van der Waals surface area contributed by atoms with Crippen LogP contribution in [0.1, 0.15) is 50.9 Å². The predicted molar refractivity (Wildman–Crippen MR) is 233 cm³/mol. The quantitative estimate of drug-likeness (QED) is 0.107. The monoisotopic (exact) mass is 886 g/mol. The Labute approximate surface area is 366 Å². The van der Waals surface area contributed by atoms with Crippen molar-refractivity contribution < 1.29 is 29.3 Å². The summed E-state index contributed by atoms with van der Waals surface area (Å²) in [4.78, 5) is 52.9. The molecule has 326 valence electrons. The Morgan fingerprint density at radius 3 is 1.42 bits per heavy atom. The lowest BCUT2D eigenvalue weighted by Crippen LogP contribution is -2.63. The molecule has 2 aliphatic rings. The normalized spacial score (nSPS) is 20.9. The second-order valence-electron chi connectivity index (χ2n) is 16.1. The van der Waals surface area contributed by atoms with Crippen molar-refractivity contribution in [3.63, 3.8) is 0 Å². The van der Waals surface area contributed by atoms with Gasteiger partial charge < -0.3 is 28.8 Å². The fraction of sp³-hybridized carbons (Fsp3) is 0.409. The number of hydrogen-bond donors (Lipinski definition) is 4. The first-order chi connectivity index (χ1) is 29.7. The first-order valence-electron chi connectivity index (χ1n) is 20.7. The molecule has 0 aliphatic heterocycles. The number of benzene rings is 2. The number of aryl methyl sites for hydroxylation is 2. The lowest BCUT2D eigenvalue weighted by Gasteiger charge is -2.43. The van der Waals surface area contributed by atoms with Gasteiger partial charge in [-0.2, -0.15) is 10.2 Å². The maximum Gasteiger partial charge on any atom is 0.326 e. The van der Waals surface area contributed by atoms with Crippen molar-refractivity contribution in [2.24, 2.45) is 0 Å². The third-order valence-electron chi connectivity index (χ3n) is 12.0. The third-order valence-corrected chi connectivity index (χ3v) is 12.8. The highest BCUT2D eigenvalue weighted by Gasteiger charge is 2.51. The molecule has 0 bridgehead atoms. The second-order valence-corrected chi connectivity index (χ2v) is 16.8. The van der Waals surface area contributed by atoms with E-state index in [0.29, 0.717) is 79.2 Å². The Hall–Kier alpha value is -5.36. The maximum atomic E-state index is 13.8. The number of carbonyl (C=O) groups excluding carboxylic acids is 2. The number of nitrogens with one attached hydrogen (secondary N) is 2. The molecule has 4 N–H and O–H groups in total. The molecule has 8 rings (SSSR count). The molecule has 6 aromatic rings. The Bertz CT molecular complexity index is 2640. The van der Waals surface area contributed by atoms with E-state index in [1.807, 2.05) is 50.2 Å². The summed E-state index contributed by atoms with van der Waals surface area (Å²) in [7, 11) is 0. The zero-order valence-corrected chi connectivity index (χ0v) is 36.3. The van der Waals surface area contributed by atoms with Crippen LogP contribution in [0.4, 0.5) is 0 Å². The van der Waals surface area contributed by atoms with Crippen LogP contribution in [-0.2, 0) is 32.2 Å². The summed E-state index contributed by atoms with van der Waals surface area (Å²) in [6, 6.07) is 14.4. The van der Waals surface area contributed by atoms with Gasteiger partial charge in [-0.25, -0.2) is 9.03 Å². The highest BCUT2D eigenvalue weighted by Crippen LogP contribution is 2.42. The van der Waals surface area contributed by atoms with E-state index < -0.39 is 35.2 Å². The first-order valence-corrected chi connectivity index (χ1v) is 21.4. The van der Waals surface area contributed by atoms with Gasteiger partial charge in [0, 0.05) is 97.9 Å². The summed E-state index contributed by atoms with van der Waals surface area (Å²) in [6.45, 7) is 8.70. The largest absolute Gasteiger partial charge is 0.465 e. The summed E-state index contributed by atoms with van der Waals surface area (Å²) in [5.74, 6) is -0.816. The summed E-state index contributed by atoms with van der Waals surface area (Å²) >= 11 is 14.3. The Balaban J connectivity index is 1.03. The van der Waals surface area contributed by atoms with Gasteiger partial charge in [0.1, 0.15) is 22.1 Å².